The van der Waals surface area contributed by atoms with E-state index in [4.69, 9.17) is 14.6 Å². The number of aromatic nitrogens is 1. The number of benzene rings is 2. The number of aryl methyl sites for hydroxylation is 1. The first-order chi connectivity index (χ1) is 14.2. The van der Waals surface area contributed by atoms with Crippen LogP contribution in [0.15, 0.2) is 65.9 Å². The number of methoxy groups -OCH3 is 1. The molecule has 6 heteroatoms. The molecule has 29 heavy (non-hydrogen) atoms. The maximum absolute atomic E-state index is 10.4. The third-order valence-corrected chi connectivity index (χ3v) is 5.40. The quantitative estimate of drug-likeness (QED) is 0.724. The highest BCUT2D eigenvalue weighted by molar-refractivity contribution is 6.04. The Balaban J connectivity index is 1.64. The van der Waals surface area contributed by atoms with Gasteiger partial charge in [0.2, 0.25) is 6.23 Å². The summed E-state index contributed by atoms with van der Waals surface area (Å²) in [5.41, 5.74) is 4.44. The Morgan fingerprint density at radius 3 is 2.83 bits per heavy atom. The lowest BCUT2D eigenvalue weighted by Gasteiger charge is -2.38. The molecule has 0 radical (unpaired) electrons. The van der Waals surface area contributed by atoms with Gasteiger partial charge in [0.15, 0.2) is 11.5 Å². The molecule has 0 fully saturated rings. The maximum atomic E-state index is 10.4. The summed E-state index contributed by atoms with van der Waals surface area (Å²) in [6.07, 6.45) is 1.93. The minimum Gasteiger partial charge on any atom is -0.507 e. The second-order valence-electron chi connectivity index (χ2n) is 7.27. The summed E-state index contributed by atoms with van der Waals surface area (Å²) < 4.78 is 11.9. The number of rotatable bonds is 3. The first kappa shape index (κ1) is 17.6. The van der Waals surface area contributed by atoms with Gasteiger partial charge in [0.1, 0.15) is 11.4 Å². The van der Waals surface area contributed by atoms with Crippen molar-refractivity contribution < 1.29 is 14.6 Å². The molecule has 0 saturated heterocycles. The van der Waals surface area contributed by atoms with Crippen LogP contribution >= 0.6 is 0 Å². The molecule has 2 aromatic carbocycles. The summed E-state index contributed by atoms with van der Waals surface area (Å²) in [7, 11) is 1.64. The topological polar surface area (TPSA) is 67.2 Å². The van der Waals surface area contributed by atoms with Crippen LogP contribution in [0.4, 0.5) is 0 Å². The molecule has 2 aliphatic heterocycles. The van der Waals surface area contributed by atoms with Crippen LogP contribution in [0.25, 0.3) is 0 Å². The lowest BCUT2D eigenvalue weighted by molar-refractivity contribution is -0.0236. The summed E-state index contributed by atoms with van der Waals surface area (Å²) >= 11 is 0. The zero-order chi connectivity index (χ0) is 20.0. The fraction of sp³-hybridized carbons (Fsp3) is 0.217. The van der Waals surface area contributed by atoms with Crippen molar-refractivity contribution in [1.82, 2.24) is 9.99 Å². The molecule has 5 rings (SSSR count). The highest BCUT2D eigenvalue weighted by atomic mass is 16.5. The highest BCUT2D eigenvalue weighted by Gasteiger charge is 2.43. The van der Waals surface area contributed by atoms with E-state index in [0.29, 0.717) is 12.2 Å². The Labute approximate surface area is 169 Å². The zero-order valence-electron chi connectivity index (χ0n) is 16.2. The summed E-state index contributed by atoms with van der Waals surface area (Å²) in [6, 6.07) is 17.2. The molecule has 146 valence electrons. The number of phenols is 1. The largest absolute Gasteiger partial charge is 0.507 e. The van der Waals surface area contributed by atoms with Crippen molar-refractivity contribution in [3.8, 4) is 17.2 Å². The Bertz CT molecular complexity index is 1100. The number of para-hydroxylation sites is 1. The van der Waals surface area contributed by atoms with Gasteiger partial charge in [0, 0.05) is 23.7 Å². The molecule has 0 spiro atoms. The average molecular weight is 387 g/mol. The SMILES string of the molecule is COc1cccc2c1O[C@H](c1ccccn1)N1N=C(c3cc(C)ccc3O)C[C@H]21. The molecule has 1 aromatic heterocycles. The molecule has 0 bridgehead atoms. The van der Waals surface area contributed by atoms with Crippen molar-refractivity contribution in [3.05, 3.63) is 83.2 Å². The van der Waals surface area contributed by atoms with Gasteiger partial charge >= 0.3 is 0 Å². The van der Waals surface area contributed by atoms with Crippen LogP contribution in [0.5, 0.6) is 17.2 Å². The van der Waals surface area contributed by atoms with E-state index in [9.17, 15) is 5.11 Å². The lowest BCUT2D eigenvalue weighted by atomic mass is 9.95. The number of hydrogen-bond acceptors (Lipinski definition) is 6. The molecule has 0 saturated carbocycles. The van der Waals surface area contributed by atoms with Gasteiger partial charge in [-0.2, -0.15) is 5.10 Å². The fourth-order valence-electron chi connectivity index (χ4n) is 4.01. The summed E-state index contributed by atoms with van der Waals surface area (Å²) in [6.45, 7) is 2.01. The first-order valence-electron chi connectivity index (χ1n) is 9.56. The van der Waals surface area contributed by atoms with Crippen LogP contribution in [0.3, 0.4) is 0 Å². The van der Waals surface area contributed by atoms with Crippen LogP contribution < -0.4 is 9.47 Å². The number of nitrogens with zero attached hydrogens (tertiary/aromatic N) is 3. The van der Waals surface area contributed by atoms with Crippen molar-refractivity contribution in [2.24, 2.45) is 5.10 Å². The number of pyridine rings is 1. The van der Waals surface area contributed by atoms with E-state index in [1.165, 1.54) is 0 Å². The van der Waals surface area contributed by atoms with Crippen molar-refractivity contribution in [1.29, 1.82) is 0 Å². The predicted octanol–water partition coefficient (Wildman–Crippen LogP) is 4.35. The van der Waals surface area contributed by atoms with Gasteiger partial charge in [-0.25, -0.2) is 5.01 Å². The van der Waals surface area contributed by atoms with E-state index < -0.39 is 6.23 Å². The maximum Gasteiger partial charge on any atom is 0.230 e. The van der Waals surface area contributed by atoms with Crippen LogP contribution in [-0.4, -0.2) is 27.9 Å². The minimum atomic E-state index is -0.477. The summed E-state index contributed by atoms with van der Waals surface area (Å²) in [5.74, 6) is 1.64. The molecule has 3 aromatic rings. The highest BCUT2D eigenvalue weighted by Crippen LogP contribution is 2.50. The third kappa shape index (κ3) is 2.88. The fourth-order valence-corrected chi connectivity index (χ4v) is 4.01. The Hall–Kier alpha value is -3.54. The molecule has 0 unspecified atom stereocenters. The zero-order valence-corrected chi connectivity index (χ0v) is 16.2. The number of aromatic hydroxyl groups is 1. The number of ether oxygens (including phenoxy) is 2. The van der Waals surface area contributed by atoms with Gasteiger partial charge < -0.3 is 14.6 Å². The summed E-state index contributed by atoms with van der Waals surface area (Å²) in [5, 5.41) is 17.3. The molecule has 1 N–H and O–H groups in total. The van der Waals surface area contributed by atoms with Gasteiger partial charge in [-0.05, 0) is 37.3 Å². The molecule has 2 aliphatic rings. The van der Waals surface area contributed by atoms with Crippen molar-refractivity contribution in [2.45, 2.75) is 25.6 Å². The number of phenolic OH excluding ortho intramolecular Hbond substituents is 1. The van der Waals surface area contributed by atoms with Crippen LogP contribution in [0.2, 0.25) is 0 Å². The normalized spacial score (nSPS) is 19.8. The monoisotopic (exact) mass is 387 g/mol. The van der Waals surface area contributed by atoms with Crippen molar-refractivity contribution >= 4 is 5.71 Å². The Morgan fingerprint density at radius 2 is 2.03 bits per heavy atom. The van der Waals surface area contributed by atoms with E-state index in [1.54, 1.807) is 19.4 Å². The van der Waals surface area contributed by atoms with Gasteiger partial charge in [0.05, 0.1) is 18.9 Å². The molecule has 0 amide bonds. The second-order valence-corrected chi connectivity index (χ2v) is 7.27. The van der Waals surface area contributed by atoms with E-state index in [0.717, 1.165) is 33.8 Å². The lowest BCUT2D eigenvalue weighted by Crippen LogP contribution is -2.34. The first-order valence-corrected chi connectivity index (χ1v) is 9.56. The predicted molar refractivity (Wildman–Crippen MR) is 109 cm³/mol. The Morgan fingerprint density at radius 1 is 1.14 bits per heavy atom. The molecular weight excluding hydrogens is 366 g/mol. The smallest absolute Gasteiger partial charge is 0.230 e. The molecule has 2 atom stereocenters. The summed E-state index contributed by atoms with van der Waals surface area (Å²) in [4.78, 5) is 4.49. The van der Waals surface area contributed by atoms with Crippen LogP contribution in [0.1, 0.15) is 41.1 Å². The molecular formula is C23H21N3O3. The van der Waals surface area contributed by atoms with E-state index in [2.05, 4.69) is 4.98 Å². The van der Waals surface area contributed by atoms with Crippen molar-refractivity contribution in [3.63, 3.8) is 0 Å². The average Bonchev–Trinajstić information content (AvgIpc) is 3.20. The number of hydrazone groups is 1. The standard InChI is InChI=1S/C23H21N3O3/c1-14-9-10-20(27)16(12-14)18-13-19-15-6-5-8-21(28-2)22(15)29-23(26(19)25-18)17-7-3-4-11-24-17/h3-12,19,23,27H,13H2,1-2H3/t19-,23-/m1/s1. The number of hydrogen-bond donors (Lipinski definition) is 1. The van der Waals surface area contributed by atoms with Gasteiger partial charge in [-0.3, -0.25) is 4.98 Å². The molecule has 6 nitrogen and oxygen atoms in total. The van der Waals surface area contributed by atoms with Crippen LogP contribution in [-0.2, 0) is 0 Å². The third-order valence-electron chi connectivity index (χ3n) is 5.40. The van der Waals surface area contributed by atoms with Gasteiger partial charge in [0.25, 0.3) is 0 Å². The van der Waals surface area contributed by atoms with Gasteiger partial charge in [-0.15, -0.1) is 0 Å². The van der Waals surface area contributed by atoms with E-state index in [1.807, 2.05) is 60.5 Å². The second kappa shape index (κ2) is 6.81. The van der Waals surface area contributed by atoms with Crippen molar-refractivity contribution in [2.75, 3.05) is 7.11 Å². The molecule has 3 heterocycles. The minimum absolute atomic E-state index is 0.0317. The van der Waals surface area contributed by atoms with Gasteiger partial charge in [-0.1, -0.05) is 29.8 Å². The van der Waals surface area contributed by atoms with E-state index >= 15 is 0 Å². The van der Waals surface area contributed by atoms with E-state index in [-0.39, 0.29) is 11.8 Å². The van der Waals surface area contributed by atoms with Crippen LogP contribution in [0, 0.1) is 6.92 Å². The number of fused-ring (bicyclic) bond motifs is 3. The molecule has 0 aliphatic carbocycles. The Kier molecular flexibility index (Phi) is 4.12.